The van der Waals surface area contributed by atoms with Crippen LogP contribution in [0.5, 0.6) is 0 Å². The normalized spacial score (nSPS) is 29.0. The summed E-state index contributed by atoms with van der Waals surface area (Å²) in [7, 11) is 0. The zero-order valence-corrected chi connectivity index (χ0v) is 14.2. The Hall–Kier alpha value is -0.960. The second-order valence-corrected chi connectivity index (χ2v) is 8.43. The minimum Gasteiger partial charge on any atom is -0.310 e. The molecule has 3 rings (SSSR count). The van der Waals surface area contributed by atoms with Crippen molar-refractivity contribution < 1.29 is 0 Å². The lowest BCUT2D eigenvalue weighted by Gasteiger charge is -2.36. The zero-order chi connectivity index (χ0) is 15.3. The van der Waals surface area contributed by atoms with Crippen molar-refractivity contribution in [3.05, 3.63) is 23.3 Å². The summed E-state index contributed by atoms with van der Waals surface area (Å²) in [6, 6.07) is 0.421. The van der Waals surface area contributed by atoms with Crippen LogP contribution in [-0.2, 0) is 6.42 Å². The van der Waals surface area contributed by atoms with Crippen LogP contribution >= 0.6 is 0 Å². The topological polar surface area (TPSA) is 37.8 Å². The van der Waals surface area contributed by atoms with Gasteiger partial charge in [-0.25, -0.2) is 9.97 Å². The van der Waals surface area contributed by atoms with Crippen molar-refractivity contribution in [3.8, 4) is 0 Å². The first-order chi connectivity index (χ1) is 9.82. The van der Waals surface area contributed by atoms with Gasteiger partial charge in [-0.1, -0.05) is 34.6 Å². The number of nitrogens with zero attached hydrogens (tertiary/aromatic N) is 2. The highest BCUT2D eigenvalue weighted by Crippen LogP contribution is 2.57. The van der Waals surface area contributed by atoms with Gasteiger partial charge in [0, 0.05) is 29.4 Å². The Morgan fingerprint density at radius 1 is 1.24 bits per heavy atom. The molecule has 0 spiro atoms. The van der Waals surface area contributed by atoms with Gasteiger partial charge >= 0.3 is 0 Å². The third-order valence-electron chi connectivity index (χ3n) is 5.16. The molecule has 3 heteroatoms. The molecule has 1 fully saturated rings. The van der Waals surface area contributed by atoms with Gasteiger partial charge in [0.15, 0.2) is 0 Å². The first-order valence-corrected chi connectivity index (χ1v) is 8.41. The van der Waals surface area contributed by atoms with Crippen molar-refractivity contribution in [2.45, 2.75) is 72.3 Å². The van der Waals surface area contributed by atoms with Gasteiger partial charge in [0.1, 0.15) is 5.82 Å². The predicted octanol–water partition coefficient (Wildman–Crippen LogP) is 4.00. The molecule has 1 N–H and O–H groups in total. The number of rotatable bonds is 4. The molecule has 0 aliphatic heterocycles. The third-order valence-corrected chi connectivity index (χ3v) is 5.16. The summed E-state index contributed by atoms with van der Waals surface area (Å²) in [6.07, 6.45) is 6.76. The Bertz CT molecular complexity index is 533. The van der Waals surface area contributed by atoms with Crippen LogP contribution in [0, 0.1) is 10.8 Å². The number of fused-ring (bicyclic) bond motifs is 1. The van der Waals surface area contributed by atoms with Gasteiger partial charge in [0.2, 0.25) is 0 Å². The standard InChI is InChI=1S/C18H29N3/c1-6-7-19-14-9-17(2,3)10-15-12(14)11-20-16(21-15)13-8-18(13,4)5/h11,13-14,19H,6-10H2,1-5H3. The van der Waals surface area contributed by atoms with Crippen molar-refractivity contribution in [3.63, 3.8) is 0 Å². The van der Waals surface area contributed by atoms with Gasteiger partial charge in [-0.05, 0) is 43.1 Å². The predicted molar refractivity (Wildman–Crippen MR) is 86.3 cm³/mol. The molecule has 3 nitrogen and oxygen atoms in total. The second kappa shape index (κ2) is 5.05. The second-order valence-electron chi connectivity index (χ2n) is 8.43. The maximum absolute atomic E-state index is 4.97. The van der Waals surface area contributed by atoms with Gasteiger partial charge in [-0.15, -0.1) is 0 Å². The molecule has 0 amide bonds. The summed E-state index contributed by atoms with van der Waals surface area (Å²) >= 11 is 0. The lowest BCUT2D eigenvalue weighted by Crippen LogP contribution is -2.34. The van der Waals surface area contributed by atoms with Gasteiger partial charge in [-0.2, -0.15) is 0 Å². The minimum absolute atomic E-state index is 0.323. The van der Waals surface area contributed by atoms with Crippen LogP contribution in [0.3, 0.4) is 0 Å². The van der Waals surface area contributed by atoms with E-state index in [9.17, 15) is 0 Å². The summed E-state index contributed by atoms with van der Waals surface area (Å²) in [5.41, 5.74) is 3.35. The van der Waals surface area contributed by atoms with Crippen LogP contribution in [0.2, 0.25) is 0 Å². The highest BCUT2D eigenvalue weighted by atomic mass is 15.0. The average Bonchev–Trinajstić information content (AvgIpc) is 3.03. The van der Waals surface area contributed by atoms with Crippen LogP contribution < -0.4 is 5.32 Å². The fraction of sp³-hybridized carbons (Fsp3) is 0.778. The Balaban J connectivity index is 1.89. The molecule has 1 aromatic rings. The molecule has 2 unspecified atom stereocenters. The number of aromatic nitrogens is 2. The van der Waals surface area contributed by atoms with Crippen LogP contribution in [0.15, 0.2) is 6.20 Å². The molecular formula is C18H29N3. The highest BCUT2D eigenvalue weighted by molar-refractivity contribution is 5.29. The lowest BCUT2D eigenvalue weighted by molar-refractivity contribution is 0.253. The molecule has 0 aromatic carbocycles. The summed E-state index contributed by atoms with van der Waals surface area (Å²) in [4.78, 5) is 9.68. The van der Waals surface area contributed by atoms with Crippen LogP contribution in [0.1, 0.15) is 82.9 Å². The molecule has 0 saturated heterocycles. The molecule has 2 atom stereocenters. The lowest BCUT2D eigenvalue weighted by atomic mass is 9.74. The fourth-order valence-electron chi connectivity index (χ4n) is 3.64. The van der Waals surface area contributed by atoms with E-state index in [1.54, 1.807) is 0 Å². The van der Waals surface area contributed by atoms with E-state index in [0.717, 1.165) is 18.8 Å². The van der Waals surface area contributed by atoms with Crippen molar-refractivity contribution >= 4 is 0 Å². The van der Waals surface area contributed by atoms with Crippen molar-refractivity contribution in [1.82, 2.24) is 15.3 Å². The summed E-state index contributed by atoms with van der Waals surface area (Å²) in [5.74, 6) is 1.64. The van der Waals surface area contributed by atoms with Crippen LogP contribution in [0.25, 0.3) is 0 Å². The van der Waals surface area contributed by atoms with E-state index in [1.165, 1.54) is 30.5 Å². The van der Waals surface area contributed by atoms with E-state index in [-0.39, 0.29) is 0 Å². The zero-order valence-electron chi connectivity index (χ0n) is 14.2. The third kappa shape index (κ3) is 2.98. The maximum Gasteiger partial charge on any atom is 0.132 e. The molecule has 2 aliphatic carbocycles. The SMILES string of the molecule is CCCNC1CC(C)(C)Cc2nc(C3CC3(C)C)ncc21. The fourth-order valence-corrected chi connectivity index (χ4v) is 3.64. The maximum atomic E-state index is 4.97. The molecule has 21 heavy (non-hydrogen) atoms. The quantitative estimate of drug-likeness (QED) is 0.909. The molecule has 0 radical (unpaired) electrons. The Kier molecular flexibility index (Phi) is 3.59. The van der Waals surface area contributed by atoms with E-state index in [4.69, 9.17) is 9.97 Å². The molecule has 1 aromatic heterocycles. The Morgan fingerprint density at radius 3 is 2.57 bits per heavy atom. The molecular weight excluding hydrogens is 258 g/mol. The summed E-state index contributed by atoms with van der Waals surface area (Å²) < 4.78 is 0. The molecule has 116 valence electrons. The molecule has 1 heterocycles. The first kappa shape index (κ1) is 15.0. The highest BCUT2D eigenvalue weighted by Gasteiger charge is 2.49. The number of nitrogens with one attached hydrogen (secondary N) is 1. The van der Waals surface area contributed by atoms with Gasteiger partial charge in [-0.3, -0.25) is 0 Å². The Morgan fingerprint density at radius 2 is 1.95 bits per heavy atom. The van der Waals surface area contributed by atoms with Crippen molar-refractivity contribution in [2.24, 2.45) is 10.8 Å². The monoisotopic (exact) mass is 287 g/mol. The van der Waals surface area contributed by atoms with Gasteiger partial charge in [0.25, 0.3) is 0 Å². The molecule has 1 saturated carbocycles. The minimum atomic E-state index is 0.323. The summed E-state index contributed by atoms with van der Waals surface area (Å²) in [5, 5.41) is 3.68. The van der Waals surface area contributed by atoms with E-state index in [1.807, 2.05) is 0 Å². The largest absolute Gasteiger partial charge is 0.310 e. The van der Waals surface area contributed by atoms with E-state index < -0.39 is 0 Å². The first-order valence-electron chi connectivity index (χ1n) is 8.41. The van der Waals surface area contributed by atoms with Gasteiger partial charge in [0.05, 0.1) is 0 Å². The van der Waals surface area contributed by atoms with Crippen LogP contribution in [-0.4, -0.2) is 16.5 Å². The number of hydrogen-bond donors (Lipinski definition) is 1. The summed E-state index contributed by atoms with van der Waals surface area (Å²) in [6.45, 7) is 12.6. The van der Waals surface area contributed by atoms with Crippen molar-refractivity contribution in [2.75, 3.05) is 6.54 Å². The van der Waals surface area contributed by atoms with Crippen molar-refractivity contribution in [1.29, 1.82) is 0 Å². The van der Waals surface area contributed by atoms with Gasteiger partial charge < -0.3 is 5.32 Å². The molecule has 0 bridgehead atoms. The average molecular weight is 287 g/mol. The Labute approximate surface area is 129 Å². The smallest absolute Gasteiger partial charge is 0.132 e. The van der Waals surface area contributed by atoms with E-state index in [0.29, 0.717) is 22.8 Å². The number of hydrogen-bond acceptors (Lipinski definition) is 3. The molecule has 2 aliphatic rings. The van der Waals surface area contributed by atoms with E-state index in [2.05, 4.69) is 46.1 Å². The van der Waals surface area contributed by atoms with Crippen LogP contribution in [0.4, 0.5) is 0 Å². The van der Waals surface area contributed by atoms with E-state index >= 15 is 0 Å².